The number of ether oxygens (including phenoxy) is 1. The fourth-order valence-corrected chi connectivity index (χ4v) is 4.26. The second kappa shape index (κ2) is 13.2. The lowest BCUT2D eigenvalue weighted by Crippen LogP contribution is -2.49. The van der Waals surface area contributed by atoms with Crippen LogP contribution < -0.4 is 4.74 Å². The van der Waals surface area contributed by atoms with Crippen molar-refractivity contribution in [2.45, 2.75) is 44.2 Å². The molecule has 1 unspecified atom stereocenters. The molecule has 0 fully saturated rings. The molecule has 3 rings (SSSR count). The normalized spacial score (nSPS) is 12.9. The summed E-state index contributed by atoms with van der Waals surface area (Å²) in [4.78, 5) is 11.4. The molecule has 0 radical (unpaired) electrons. The third kappa shape index (κ3) is 8.63. The Labute approximate surface area is 226 Å². The molecule has 0 spiro atoms. The van der Waals surface area contributed by atoms with Crippen molar-refractivity contribution in [3.05, 3.63) is 100 Å². The zero-order valence-corrected chi connectivity index (χ0v) is 21.4. The van der Waals surface area contributed by atoms with Gasteiger partial charge in [0.15, 0.2) is 6.17 Å². The average Bonchev–Trinajstić information content (AvgIpc) is 2.86. The van der Waals surface area contributed by atoms with Gasteiger partial charge in [-0.3, -0.25) is 4.79 Å². The monoisotopic (exact) mass is 573 g/mol. The molecule has 0 heterocycles. The van der Waals surface area contributed by atoms with Crippen LogP contribution in [-0.2, 0) is 30.4 Å². The van der Waals surface area contributed by atoms with Crippen LogP contribution >= 0.6 is 11.6 Å². The number of carbonyl (C=O) groups is 1. The number of hydrogen-bond donors (Lipinski definition) is 1. The molecule has 0 aliphatic heterocycles. The number of hydrogen-bond acceptors (Lipinski definition) is 3. The smallest absolute Gasteiger partial charge is 0.417 e. The highest BCUT2D eigenvalue weighted by Crippen LogP contribution is 2.38. The standard InChI is InChI=1S/C28H26ClF6NO3/c29-26-21(10-5-12-23(26)27(31,32)33)18-36(28(34,35)24(30)16-19-7-2-1-3-8-19)13-6-14-39-22-11-4-9-20(15-22)17-25(37)38/h1-5,7-12,15,24H,6,13-14,16-18H2,(H,37,38). The Hall–Kier alpha value is -3.24. The summed E-state index contributed by atoms with van der Waals surface area (Å²) in [6.45, 7) is -1.25. The van der Waals surface area contributed by atoms with E-state index in [9.17, 15) is 18.0 Å². The highest BCUT2D eigenvalue weighted by Gasteiger charge is 2.46. The van der Waals surface area contributed by atoms with Crippen molar-refractivity contribution >= 4 is 17.6 Å². The fraction of sp³-hybridized carbons (Fsp3) is 0.321. The summed E-state index contributed by atoms with van der Waals surface area (Å²) in [7, 11) is 0. The molecule has 1 atom stereocenters. The lowest BCUT2D eigenvalue weighted by atomic mass is 10.1. The molecule has 1 N–H and O–H groups in total. The van der Waals surface area contributed by atoms with Crippen molar-refractivity contribution in [3.8, 4) is 5.75 Å². The van der Waals surface area contributed by atoms with Gasteiger partial charge in [0.25, 0.3) is 0 Å². The third-order valence-electron chi connectivity index (χ3n) is 5.90. The van der Waals surface area contributed by atoms with Gasteiger partial charge in [0.1, 0.15) is 5.75 Å². The third-order valence-corrected chi connectivity index (χ3v) is 6.34. The molecular formula is C28H26ClF6NO3. The van der Waals surface area contributed by atoms with Gasteiger partial charge in [-0.2, -0.15) is 22.0 Å². The first-order chi connectivity index (χ1) is 18.4. The molecule has 4 nitrogen and oxygen atoms in total. The zero-order chi connectivity index (χ0) is 28.6. The molecule has 210 valence electrons. The maximum atomic E-state index is 15.4. The Kier molecular flexibility index (Phi) is 10.3. The summed E-state index contributed by atoms with van der Waals surface area (Å²) in [5.74, 6) is -0.713. The van der Waals surface area contributed by atoms with E-state index in [1.165, 1.54) is 24.3 Å². The molecule has 0 aromatic heterocycles. The van der Waals surface area contributed by atoms with E-state index in [0.717, 1.165) is 12.1 Å². The van der Waals surface area contributed by atoms with Gasteiger partial charge in [0.2, 0.25) is 0 Å². The van der Waals surface area contributed by atoms with Gasteiger partial charge in [-0.05, 0) is 41.3 Å². The molecule has 0 saturated carbocycles. The summed E-state index contributed by atoms with van der Waals surface area (Å²) in [6, 6.07) is 13.0. The number of aliphatic carboxylic acids is 1. The van der Waals surface area contributed by atoms with Gasteiger partial charge < -0.3 is 9.84 Å². The van der Waals surface area contributed by atoms with E-state index in [2.05, 4.69) is 0 Å². The maximum Gasteiger partial charge on any atom is 0.417 e. The number of alkyl halides is 6. The van der Waals surface area contributed by atoms with Crippen LogP contribution in [0.1, 0.15) is 28.7 Å². The number of halogens is 7. The molecular weight excluding hydrogens is 548 g/mol. The summed E-state index contributed by atoms with van der Waals surface area (Å²) in [6.07, 6.45) is -8.31. The predicted octanol–water partition coefficient (Wildman–Crippen LogP) is 7.43. The van der Waals surface area contributed by atoms with Crippen molar-refractivity contribution in [1.29, 1.82) is 0 Å². The number of carboxylic acid groups (broad SMARTS) is 1. The first kappa shape index (κ1) is 30.3. The average molecular weight is 574 g/mol. The van der Waals surface area contributed by atoms with Gasteiger partial charge in [-0.25, -0.2) is 9.29 Å². The Bertz CT molecular complexity index is 1240. The van der Waals surface area contributed by atoms with Gasteiger partial charge >= 0.3 is 18.2 Å². The van der Waals surface area contributed by atoms with Gasteiger partial charge in [0.05, 0.1) is 23.6 Å². The topological polar surface area (TPSA) is 49.8 Å². The van der Waals surface area contributed by atoms with Crippen molar-refractivity contribution in [2.24, 2.45) is 0 Å². The molecule has 3 aromatic rings. The lowest BCUT2D eigenvalue weighted by Gasteiger charge is -2.34. The summed E-state index contributed by atoms with van der Waals surface area (Å²) in [5.41, 5.74) is -0.573. The van der Waals surface area contributed by atoms with E-state index in [-0.39, 0.29) is 25.0 Å². The maximum absolute atomic E-state index is 15.4. The second-order valence-corrected chi connectivity index (χ2v) is 9.24. The number of benzene rings is 3. The van der Waals surface area contributed by atoms with Crippen LogP contribution in [0.15, 0.2) is 72.8 Å². The van der Waals surface area contributed by atoms with Crippen LogP contribution in [0.25, 0.3) is 0 Å². The Balaban J connectivity index is 1.77. The minimum Gasteiger partial charge on any atom is -0.494 e. The molecule has 3 aromatic carbocycles. The van der Waals surface area contributed by atoms with E-state index in [1.807, 2.05) is 0 Å². The molecule has 39 heavy (non-hydrogen) atoms. The van der Waals surface area contributed by atoms with Crippen LogP contribution in [0, 0.1) is 0 Å². The van der Waals surface area contributed by atoms with E-state index in [4.69, 9.17) is 21.4 Å². The van der Waals surface area contributed by atoms with Crippen molar-refractivity contribution < 1.29 is 41.0 Å². The van der Waals surface area contributed by atoms with Gasteiger partial charge in [-0.1, -0.05) is 66.2 Å². The zero-order valence-electron chi connectivity index (χ0n) is 20.6. The van der Waals surface area contributed by atoms with Crippen LogP contribution in [0.3, 0.4) is 0 Å². The van der Waals surface area contributed by atoms with E-state index >= 15 is 13.2 Å². The summed E-state index contributed by atoms with van der Waals surface area (Å²) >= 11 is 5.94. The highest BCUT2D eigenvalue weighted by atomic mass is 35.5. The number of carboxylic acids is 1. The minimum absolute atomic E-state index is 0.0343. The molecule has 0 saturated heterocycles. The fourth-order valence-electron chi connectivity index (χ4n) is 3.97. The van der Waals surface area contributed by atoms with Crippen molar-refractivity contribution in [1.82, 2.24) is 4.90 Å². The van der Waals surface area contributed by atoms with Crippen LogP contribution in [-0.4, -0.2) is 41.3 Å². The van der Waals surface area contributed by atoms with Gasteiger partial charge in [-0.15, -0.1) is 0 Å². The van der Waals surface area contributed by atoms with E-state index < -0.39 is 54.5 Å². The summed E-state index contributed by atoms with van der Waals surface area (Å²) in [5, 5.41) is 8.20. The predicted molar refractivity (Wildman–Crippen MR) is 135 cm³/mol. The number of nitrogens with zero attached hydrogens (tertiary/aromatic N) is 1. The van der Waals surface area contributed by atoms with Crippen LogP contribution in [0.2, 0.25) is 5.02 Å². The first-order valence-corrected chi connectivity index (χ1v) is 12.3. The second-order valence-electron chi connectivity index (χ2n) is 8.86. The molecule has 0 amide bonds. The molecule has 0 aliphatic carbocycles. The quantitative estimate of drug-likeness (QED) is 0.131. The highest BCUT2D eigenvalue weighted by molar-refractivity contribution is 6.32. The number of rotatable bonds is 13. The Morgan fingerprint density at radius 3 is 2.28 bits per heavy atom. The minimum atomic E-state index is -4.79. The Morgan fingerprint density at radius 1 is 0.949 bits per heavy atom. The largest absolute Gasteiger partial charge is 0.494 e. The Morgan fingerprint density at radius 2 is 1.62 bits per heavy atom. The van der Waals surface area contributed by atoms with Gasteiger partial charge in [0, 0.05) is 19.5 Å². The molecule has 11 heteroatoms. The first-order valence-electron chi connectivity index (χ1n) is 12.0. The van der Waals surface area contributed by atoms with Crippen LogP contribution in [0.4, 0.5) is 26.3 Å². The van der Waals surface area contributed by atoms with Crippen molar-refractivity contribution in [3.63, 3.8) is 0 Å². The molecule has 0 bridgehead atoms. The molecule has 0 aliphatic rings. The van der Waals surface area contributed by atoms with E-state index in [1.54, 1.807) is 36.4 Å². The van der Waals surface area contributed by atoms with Crippen LogP contribution in [0.5, 0.6) is 5.75 Å². The van der Waals surface area contributed by atoms with Crippen molar-refractivity contribution in [2.75, 3.05) is 13.2 Å². The lowest BCUT2D eigenvalue weighted by molar-refractivity contribution is -0.196. The summed E-state index contributed by atoms with van der Waals surface area (Å²) < 4.78 is 91.4. The SMILES string of the molecule is O=C(O)Cc1cccc(OCCCN(Cc2cccc(C(F)(F)F)c2Cl)C(F)(F)C(F)Cc2ccccc2)c1. The van der Waals surface area contributed by atoms with E-state index in [0.29, 0.717) is 21.8 Å².